The van der Waals surface area contributed by atoms with E-state index in [4.69, 9.17) is 18.9 Å². The fraction of sp³-hybridized carbons (Fsp3) is 0.351. The third-order valence-electron chi connectivity index (χ3n) is 9.49. The maximum atomic E-state index is 14.1. The van der Waals surface area contributed by atoms with Gasteiger partial charge in [-0.3, -0.25) is 14.4 Å². The van der Waals surface area contributed by atoms with Crippen LogP contribution in [0.2, 0.25) is 0 Å². The van der Waals surface area contributed by atoms with Crippen LogP contribution in [0.5, 0.6) is 5.75 Å². The number of ether oxygens (including phenoxy) is 2. The van der Waals surface area contributed by atoms with Crippen molar-refractivity contribution in [3.8, 4) is 5.75 Å². The highest BCUT2D eigenvalue weighted by atomic mass is 79.9. The van der Waals surface area contributed by atoms with E-state index in [2.05, 4.69) is 31.9 Å². The molecule has 4 aromatic rings. The van der Waals surface area contributed by atoms with Crippen molar-refractivity contribution < 1.29 is 38.5 Å². The van der Waals surface area contributed by atoms with Crippen LogP contribution in [0.1, 0.15) is 70.7 Å². The van der Waals surface area contributed by atoms with Crippen LogP contribution < -0.4 is 20.7 Å². The van der Waals surface area contributed by atoms with Gasteiger partial charge in [-0.1, -0.05) is 68.4 Å². The van der Waals surface area contributed by atoms with E-state index >= 15 is 0 Å². The lowest BCUT2D eigenvalue weighted by Crippen LogP contribution is -2.42. The van der Waals surface area contributed by atoms with Gasteiger partial charge in [0.1, 0.15) is 23.8 Å². The lowest BCUT2D eigenvalue weighted by molar-refractivity contribution is -0.148. The average molecular weight is 746 g/mol. The summed E-state index contributed by atoms with van der Waals surface area (Å²) in [6.07, 6.45) is -1.87. The highest BCUT2D eigenvalue weighted by Crippen LogP contribution is 2.59. The quantitative estimate of drug-likeness (QED) is 0.157. The number of anilines is 1. The van der Waals surface area contributed by atoms with E-state index in [1.54, 1.807) is 0 Å². The lowest BCUT2D eigenvalue weighted by atomic mass is 9.72. The Kier molecular flexibility index (Phi) is 9.14. The van der Waals surface area contributed by atoms with Crippen molar-refractivity contribution in [1.29, 1.82) is 0 Å². The first-order valence-electron chi connectivity index (χ1n) is 16.5. The van der Waals surface area contributed by atoms with Crippen molar-refractivity contribution in [2.45, 2.75) is 57.1 Å². The van der Waals surface area contributed by atoms with Crippen LogP contribution in [-0.4, -0.2) is 58.5 Å². The van der Waals surface area contributed by atoms with Crippen LogP contribution in [0.25, 0.3) is 0 Å². The number of carbonyl (C=O) groups excluding carboxylic acids is 3. The van der Waals surface area contributed by atoms with E-state index < -0.39 is 48.2 Å². The Morgan fingerprint density at radius 1 is 1.10 bits per heavy atom. The number of hydrogen-bond donors (Lipinski definition) is 5. The van der Waals surface area contributed by atoms with Gasteiger partial charge in [0.2, 0.25) is 11.8 Å². The number of oxazole rings is 1. The van der Waals surface area contributed by atoms with E-state index in [0.717, 1.165) is 26.9 Å². The van der Waals surface area contributed by atoms with Crippen molar-refractivity contribution >= 4 is 39.4 Å². The summed E-state index contributed by atoms with van der Waals surface area (Å²) in [5.41, 5.74) is 2.59. The van der Waals surface area contributed by atoms with Gasteiger partial charge >= 0.3 is 5.97 Å². The Morgan fingerprint density at radius 2 is 1.90 bits per heavy atom. The fourth-order valence-corrected chi connectivity index (χ4v) is 7.45. The zero-order valence-corrected chi connectivity index (χ0v) is 29.0. The summed E-state index contributed by atoms with van der Waals surface area (Å²) in [6.45, 7) is 3.11. The normalized spacial score (nSPS) is 22.2. The second kappa shape index (κ2) is 13.5. The topological polar surface area (TPSA) is 172 Å². The van der Waals surface area contributed by atoms with Crippen LogP contribution in [0, 0.1) is 11.8 Å². The number of fused-ring (bicyclic) bond motifs is 4. The van der Waals surface area contributed by atoms with Gasteiger partial charge in [0.25, 0.3) is 5.91 Å². The Bertz CT molecular complexity index is 1950. The van der Waals surface area contributed by atoms with Gasteiger partial charge in [0.05, 0.1) is 30.7 Å². The first-order chi connectivity index (χ1) is 24.1. The van der Waals surface area contributed by atoms with E-state index in [0.29, 0.717) is 11.3 Å². The van der Waals surface area contributed by atoms with Crippen LogP contribution in [0.4, 0.5) is 5.69 Å². The Hall–Kier alpha value is -4.72. The molecule has 0 radical (unpaired) electrons. The Morgan fingerprint density at radius 3 is 2.66 bits per heavy atom. The standard InChI is InChI=1S/C37H37BrN4O8/c1-19(2)29-35-41-31(34(47)39-16-23(44)17-43)32(50-35)37-24-9-6-10-26(38)30(24)42-36(37)49-27-12-11-21(14-25(27)37)13-22(33(46)40-29)15-28(45)48-18-20-7-4-3-5-8-20/h3-12,14,19,22-23,29,36,42-44H,13,15-18H2,1-2H3,(H,39,47)(H,40,46)/t22-,23?,29+,36+,37?/m1/s1. The molecule has 2 unspecified atom stereocenters. The number of para-hydroxylation sites is 1. The molecule has 1 aromatic heterocycles. The second-order valence-corrected chi connectivity index (χ2v) is 14.1. The summed E-state index contributed by atoms with van der Waals surface area (Å²) >= 11 is 3.66. The summed E-state index contributed by atoms with van der Waals surface area (Å²) in [6, 6.07) is 19.9. The van der Waals surface area contributed by atoms with Gasteiger partial charge in [-0.2, -0.15) is 0 Å². The van der Waals surface area contributed by atoms with Crippen LogP contribution in [0.15, 0.2) is 75.6 Å². The molecular formula is C37H37BrN4O8. The molecule has 2 amide bonds. The molecule has 0 saturated carbocycles. The zero-order valence-electron chi connectivity index (χ0n) is 27.4. The van der Waals surface area contributed by atoms with Gasteiger partial charge in [-0.15, -0.1) is 0 Å². The average Bonchev–Trinajstić information content (AvgIpc) is 3.78. The molecule has 0 saturated heterocycles. The van der Waals surface area contributed by atoms with Crippen LogP contribution in [0.3, 0.4) is 0 Å². The number of amides is 2. The first-order valence-corrected chi connectivity index (χ1v) is 17.3. The number of aliphatic hydroxyl groups excluding tert-OH is 2. The summed E-state index contributed by atoms with van der Waals surface area (Å²) in [5, 5.41) is 28.6. The highest BCUT2D eigenvalue weighted by Gasteiger charge is 2.61. The Labute approximate surface area is 296 Å². The van der Waals surface area contributed by atoms with Crippen LogP contribution >= 0.6 is 15.9 Å². The number of nitrogens with one attached hydrogen (secondary N) is 3. The number of carbonyl (C=O) groups is 3. The van der Waals surface area contributed by atoms with Crippen molar-refractivity contribution in [3.05, 3.63) is 111 Å². The minimum absolute atomic E-state index is 0.0493. The molecule has 3 aliphatic rings. The molecule has 4 bridgehead atoms. The third kappa shape index (κ3) is 5.92. The molecular weight excluding hydrogens is 708 g/mol. The number of aliphatic hydroxyl groups is 2. The second-order valence-electron chi connectivity index (χ2n) is 13.2. The largest absolute Gasteiger partial charge is 0.469 e. The van der Waals surface area contributed by atoms with Gasteiger partial charge in [0.15, 0.2) is 17.7 Å². The van der Waals surface area contributed by atoms with Crippen molar-refractivity contribution in [1.82, 2.24) is 15.6 Å². The summed E-state index contributed by atoms with van der Waals surface area (Å²) < 4.78 is 19.6. The van der Waals surface area contributed by atoms with Crippen molar-refractivity contribution in [2.24, 2.45) is 11.8 Å². The molecule has 0 aliphatic carbocycles. The molecule has 12 nitrogen and oxygen atoms in total. The molecule has 4 heterocycles. The highest BCUT2D eigenvalue weighted by molar-refractivity contribution is 9.10. The molecule has 5 N–H and O–H groups in total. The molecule has 7 rings (SSSR count). The molecule has 260 valence electrons. The fourth-order valence-electron chi connectivity index (χ4n) is 6.96. The summed E-state index contributed by atoms with van der Waals surface area (Å²) in [4.78, 5) is 45.9. The predicted octanol–water partition coefficient (Wildman–Crippen LogP) is 4.12. The number of esters is 1. The van der Waals surface area contributed by atoms with E-state index in [1.165, 1.54) is 0 Å². The summed E-state index contributed by atoms with van der Waals surface area (Å²) in [5.74, 6) is -1.71. The van der Waals surface area contributed by atoms with Gasteiger partial charge in [-0.05, 0) is 51.5 Å². The van der Waals surface area contributed by atoms with Gasteiger partial charge in [0, 0.05) is 22.1 Å². The smallest absolute Gasteiger partial charge is 0.306 e. The van der Waals surface area contributed by atoms with E-state index in [-0.39, 0.29) is 55.2 Å². The van der Waals surface area contributed by atoms with Crippen LogP contribution in [-0.2, 0) is 32.8 Å². The van der Waals surface area contributed by atoms with E-state index in [9.17, 15) is 24.6 Å². The number of benzene rings is 3. The minimum atomic E-state index is -1.20. The number of rotatable bonds is 9. The lowest BCUT2D eigenvalue weighted by Gasteiger charge is -2.28. The maximum absolute atomic E-state index is 14.1. The zero-order chi connectivity index (χ0) is 35.2. The molecule has 5 atom stereocenters. The minimum Gasteiger partial charge on any atom is -0.469 e. The molecule has 1 spiro atoms. The SMILES string of the molecule is CC(C)[C@@H]1NC(=O)[C@@H](CC(=O)OCc2ccccc2)Cc2ccc3c(c2)C2(c4cccc(Br)c4N[C@H]2O3)c2oc1nc2C(=O)NCC(O)CO. The molecule has 3 aromatic carbocycles. The number of halogens is 1. The number of aromatic nitrogens is 1. The Balaban J connectivity index is 1.36. The number of nitrogens with zero attached hydrogens (tertiary/aromatic N) is 1. The van der Waals surface area contributed by atoms with E-state index in [1.807, 2.05) is 80.6 Å². The third-order valence-corrected chi connectivity index (χ3v) is 10.1. The molecule has 3 aliphatic heterocycles. The first kappa shape index (κ1) is 33.8. The van der Waals surface area contributed by atoms with Crippen molar-refractivity contribution in [3.63, 3.8) is 0 Å². The van der Waals surface area contributed by atoms with Gasteiger partial charge < -0.3 is 40.1 Å². The molecule has 50 heavy (non-hydrogen) atoms. The molecule has 0 fully saturated rings. The molecule has 13 heteroatoms. The monoisotopic (exact) mass is 744 g/mol. The summed E-state index contributed by atoms with van der Waals surface area (Å²) in [7, 11) is 0. The predicted molar refractivity (Wildman–Crippen MR) is 184 cm³/mol. The number of hydrogen-bond acceptors (Lipinski definition) is 10. The van der Waals surface area contributed by atoms with Gasteiger partial charge in [-0.25, -0.2) is 4.98 Å². The maximum Gasteiger partial charge on any atom is 0.306 e. The van der Waals surface area contributed by atoms with Crippen molar-refractivity contribution in [2.75, 3.05) is 18.5 Å².